The highest BCUT2D eigenvalue weighted by molar-refractivity contribution is 5.43. The Kier molecular flexibility index (Phi) is 5.41. The Hall–Kier alpha value is -2.01. The lowest BCUT2D eigenvalue weighted by atomic mass is 10.1. The molecule has 1 aromatic heterocycles. The fourth-order valence-electron chi connectivity index (χ4n) is 3.31. The number of aryl methyl sites for hydroxylation is 1. The third-order valence-electron chi connectivity index (χ3n) is 4.55. The fraction of sp³-hybridized carbons (Fsp3) is 0.526. The summed E-state index contributed by atoms with van der Waals surface area (Å²) in [4.78, 5) is 2.45. The van der Waals surface area contributed by atoms with Gasteiger partial charge in [0.25, 0.3) is 0 Å². The van der Waals surface area contributed by atoms with E-state index in [2.05, 4.69) is 35.2 Å². The summed E-state index contributed by atoms with van der Waals surface area (Å²) in [5.41, 5.74) is 2.25. The molecule has 1 fully saturated rings. The Morgan fingerprint density at radius 3 is 2.83 bits per heavy atom. The van der Waals surface area contributed by atoms with Crippen molar-refractivity contribution in [3.63, 3.8) is 0 Å². The monoisotopic (exact) mass is 330 g/mol. The number of aromatic nitrogens is 1. The van der Waals surface area contributed by atoms with Gasteiger partial charge in [-0.05, 0) is 50.4 Å². The van der Waals surface area contributed by atoms with Gasteiger partial charge in [-0.15, -0.1) is 0 Å². The average Bonchev–Trinajstić information content (AvgIpc) is 3.25. The molecule has 2 aromatic rings. The second-order valence-corrected chi connectivity index (χ2v) is 6.12. The van der Waals surface area contributed by atoms with E-state index in [9.17, 15) is 0 Å². The first-order valence-corrected chi connectivity index (χ1v) is 8.74. The Labute approximate surface area is 143 Å². The molecule has 0 unspecified atom stereocenters. The van der Waals surface area contributed by atoms with Crippen LogP contribution in [0.4, 0.5) is 0 Å². The maximum atomic E-state index is 5.60. The van der Waals surface area contributed by atoms with Crippen molar-refractivity contribution >= 4 is 0 Å². The predicted octanol–water partition coefficient (Wildman–Crippen LogP) is 3.98. The van der Waals surface area contributed by atoms with E-state index in [-0.39, 0.29) is 0 Å². The number of nitrogens with zero attached hydrogens (tertiary/aromatic N) is 2. The number of ether oxygens (including phenoxy) is 2. The van der Waals surface area contributed by atoms with E-state index >= 15 is 0 Å². The van der Waals surface area contributed by atoms with Gasteiger partial charge in [-0.2, -0.15) is 0 Å². The summed E-state index contributed by atoms with van der Waals surface area (Å²) < 4.78 is 16.6. The average molecular weight is 330 g/mol. The van der Waals surface area contributed by atoms with Crippen LogP contribution in [0.25, 0.3) is 0 Å². The molecule has 3 rings (SSSR count). The van der Waals surface area contributed by atoms with Crippen molar-refractivity contribution in [3.05, 3.63) is 41.3 Å². The third-order valence-corrected chi connectivity index (χ3v) is 4.55. The summed E-state index contributed by atoms with van der Waals surface area (Å²) in [6, 6.07) is 8.59. The van der Waals surface area contributed by atoms with Gasteiger partial charge in [0, 0.05) is 12.6 Å². The molecule has 0 radical (unpaired) electrons. The van der Waals surface area contributed by atoms with Gasteiger partial charge >= 0.3 is 0 Å². The van der Waals surface area contributed by atoms with E-state index in [1.165, 1.54) is 12.0 Å². The lowest BCUT2D eigenvalue weighted by molar-refractivity contribution is 0.206. The zero-order valence-corrected chi connectivity index (χ0v) is 14.7. The summed E-state index contributed by atoms with van der Waals surface area (Å²) in [5.74, 6) is 2.57. The van der Waals surface area contributed by atoms with E-state index < -0.39 is 0 Å². The molecule has 1 aliphatic heterocycles. The lowest BCUT2D eigenvalue weighted by Crippen LogP contribution is -2.22. The van der Waals surface area contributed by atoms with E-state index in [1.807, 2.05) is 13.0 Å². The minimum absolute atomic E-state index is 0.315. The van der Waals surface area contributed by atoms with Gasteiger partial charge < -0.3 is 14.0 Å². The van der Waals surface area contributed by atoms with Crippen LogP contribution in [0.3, 0.4) is 0 Å². The predicted molar refractivity (Wildman–Crippen MR) is 92.4 cm³/mol. The number of likely N-dealkylation sites (tertiary alicyclic amines) is 1. The van der Waals surface area contributed by atoms with E-state index in [0.29, 0.717) is 12.6 Å². The Balaban J connectivity index is 1.74. The molecule has 1 aliphatic rings. The van der Waals surface area contributed by atoms with Crippen LogP contribution >= 0.6 is 0 Å². The smallest absolute Gasteiger partial charge is 0.161 e. The molecule has 2 heterocycles. The van der Waals surface area contributed by atoms with Gasteiger partial charge in [0.1, 0.15) is 0 Å². The maximum Gasteiger partial charge on any atom is 0.161 e. The molecule has 0 amide bonds. The summed E-state index contributed by atoms with van der Waals surface area (Å²) in [6.45, 7) is 6.65. The van der Waals surface area contributed by atoms with Crippen molar-refractivity contribution in [1.82, 2.24) is 10.1 Å². The van der Waals surface area contributed by atoms with Crippen LogP contribution in [0.2, 0.25) is 0 Å². The summed E-state index contributed by atoms with van der Waals surface area (Å²) in [7, 11) is 1.68. The van der Waals surface area contributed by atoms with Gasteiger partial charge in [-0.3, -0.25) is 4.90 Å². The number of rotatable bonds is 7. The van der Waals surface area contributed by atoms with Crippen molar-refractivity contribution in [2.24, 2.45) is 0 Å². The Bertz CT molecular complexity index is 668. The minimum Gasteiger partial charge on any atom is -0.493 e. The van der Waals surface area contributed by atoms with Gasteiger partial charge in [0.15, 0.2) is 17.3 Å². The molecule has 5 heteroatoms. The minimum atomic E-state index is 0.315. The van der Waals surface area contributed by atoms with Gasteiger partial charge in [0.05, 0.1) is 25.5 Å². The molecular formula is C19H26N2O3. The van der Waals surface area contributed by atoms with Crippen LogP contribution in [-0.2, 0) is 13.0 Å². The quantitative estimate of drug-likeness (QED) is 0.768. The zero-order valence-electron chi connectivity index (χ0n) is 14.7. The molecule has 0 saturated carbocycles. The summed E-state index contributed by atoms with van der Waals surface area (Å²) in [6.07, 6.45) is 3.21. The molecule has 0 aliphatic carbocycles. The van der Waals surface area contributed by atoms with Crippen molar-refractivity contribution in [3.8, 4) is 11.5 Å². The Morgan fingerprint density at radius 1 is 1.25 bits per heavy atom. The number of hydrogen-bond donors (Lipinski definition) is 0. The van der Waals surface area contributed by atoms with Crippen LogP contribution in [0.1, 0.15) is 49.7 Å². The third kappa shape index (κ3) is 3.56. The highest BCUT2D eigenvalue weighted by atomic mass is 16.5. The molecule has 0 N–H and O–H groups in total. The molecule has 5 nitrogen and oxygen atoms in total. The molecule has 24 heavy (non-hydrogen) atoms. The lowest BCUT2D eigenvalue weighted by Gasteiger charge is -2.22. The van der Waals surface area contributed by atoms with Crippen molar-refractivity contribution in [2.45, 2.75) is 45.7 Å². The van der Waals surface area contributed by atoms with Crippen molar-refractivity contribution in [2.75, 3.05) is 20.3 Å². The molecule has 1 aromatic carbocycles. The second kappa shape index (κ2) is 7.71. The van der Waals surface area contributed by atoms with Gasteiger partial charge in [0.2, 0.25) is 0 Å². The van der Waals surface area contributed by atoms with Crippen LogP contribution in [-0.4, -0.2) is 30.3 Å². The van der Waals surface area contributed by atoms with E-state index in [1.54, 1.807) is 7.11 Å². The molecular weight excluding hydrogens is 304 g/mol. The molecule has 130 valence electrons. The maximum absolute atomic E-state index is 5.60. The Morgan fingerprint density at radius 2 is 2.12 bits per heavy atom. The SMILES string of the molecule is CCOc1ccc(CN2CCC[C@H]2c2cc(CC)no2)cc1OC. The van der Waals surface area contributed by atoms with Crippen LogP contribution in [0.5, 0.6) is 11.5 Å². The molecule has 1 atom stereocenters. The zero-order chi connectivity index (χ0) is 16.9. The van der Waals surface area contributed by atoms with Crippen LogP contribution in [0.15, 0.2) is 28.8 Å². The van der Waals surface area contributed by atoms with Crippen molar-refractivity contribution in [1.29, 1.82) is 0 Å². The first-order chi connectivity index (χ1) is 11.7. The first kappa shape index (κ1) is 16.8. The topological polar surface area (TPSA) is 47.7 Å². The number of benzene rings is 1. The summed E-state index contributed by atoms with van der Waals surface area (Å²) in [5, 5.41) is 4.14. The highest BCUT2D eigenvalue weighted by Gasteiger charge is 2.29. The largest absolute Gasteiger partial charge is 0.493 e. The van der Waals surface area contributed by atoms with Crippen LogP contribution in [0, 0.1) is 0 Å². The number of methoxy groups -OCH3 is 1. The van der Waals surface area contributed by atoms with Gasteiger partial charge in [-0.1, -0.05) is 18.1 Å². The molecule has 1 saturated heterocycles. The van der Waals surface area contributed by atoms with Gasteiger partial charge in [-0.25, -0.2) is 0 Å². The number of hydrogen-bond acceptors (Lipinski definition) is 5. The van der Waals surface area contributed by atoms with E-state index in [4.69, 9.17) is 14.0 Å². The first-order valence-electron chi connectivity index (χ1n) is 8.74. The molecule has 0 spiro atoms. The standard InChI is InChI=1S/C19H26N2O3/c1-4-15-12-18(24-20-15)16-7-6-10-21(16)13-14-8-9-17(23-5-2)19(11-14)22-3/h8-9,11-12,16H,4-7,10,13H2,1-3H3/t16-/m0/s1. The van der Waals surface area contributed by atoms with Crippen molar-refractivity contribution < 1.29 is 14.0 Å². The van der Waals surface area contributed by atoms with E-state index in [0.717, 1.165) is 48.9 Å². The fourth-order valence-corrected chi connectivity index (χ4v) is 3.31. The molecule has 0 bridgehead atoms. The van der Waals surface area contributed by atoms with Crippen LogP contribution < -0.4 is 9.47 Å². The second-order valence-electron chi connectivity index (χ2n) is 6.12. The normalized spacial score (nSPS) is 18.0. The summed E-state index contributed by atoms with van der Waals surface area (Å²) >= 11 is 0. The highest BCUT2D eigenvalue weighted by Crippen LogP contribution is 2.35.